The highest BCUT2D eigenvalue weighted by molar-refractivity contribution is 5.74. The maximum Gasteiger partial charge on any atom is 0.408 e. The van der Waals surface area contributed by atoms with Crippen molar-refractivity contribution in [2.24, 2.45) is 11.8 Å². The van der Waals surface area contributed by atoms with Crippen LogP contribution in [0.3, 0.4) is 0 Å². The summed E-state index contributed by atoms with van der Waals surface area (Å²) in [5.41, 5.74) is -1.15. The fourth-order valence-electron chi connectivity index (χ4n) is 3.23. The minimum absolute atomic E-state index is 0.119. The third kappa shape index (κ3) is 6.72. The molecule has 2 aliphatic rings. The first-order valence-electron chi connectivity index (χ1n) is 9.07. The maximum absolute atomic E-state index is 12.3. The van der Waals surface area contributed by atoms with Crippen molar-refractivity contribution in [1.82, 2.24) is 15.5 Å². The molecule has 3 amide bonds. The third-order valence-corrected chi connectivity index (χ3v) is 4.48. The molecule has 1 aliphatic heterocycles. The molecule has 2 N–H and O–H groups in total. The van der Waals surface area contributed by atoms with Gasteiger partial charge in [-0.2, -0.15) is 0 Å². The second kappa shape index (κ2) is 7.40. The van der Waals surface area contributed by atoms with Crippen LogP contribution in [0.15, 0.2) is 0 Å². The number of urea groups is 1. The third-order valence-electron chi connectivity index (χ3n) is 4.48. The van der Waals surface area contributed by atoms with E-state index < -0.39 is 17.2 Å². The molecule has 7 nitrogen and oxygen atoms in total. The van der Waals surface area contributed by atoms with E-state index in [1.54, 1.807) is 11.9 Å². The lowest BCUT2D eigenvalue weighted by Crippen LogP contribution is -2.54. The molecule has 0 spiro atoms. The Balaban J connectivity index is 1.71. The number of likely N-dealkylation sites (N-methyl/N-ethyl adjacent to an activating group) is 1. The van der Waals surface area contributed by atoms with Gasteiger partial charge >= 0.3 is 12.1 Å². The molecule has 0 aromatic carbocycles. The largest absolute Gasteiger partial charge is 0.444 e. The van der Waals surface area contributed by atoms with Crippen molar-refractivity contribution in [3.63, 3.8) is 0 Å². The molecule has 2 rings (SSSR count). The summed E-state index contributed by atoms with van der Waals surface area (Å²) in [6, 6.07) is -0.166. The van der Waals surface area contributed by atoms with Crippen LogP contribution < -0.4 is 10.6 Å². The van der Waals surface area contributed by atoms with Gasteiger partial charge in [0, 0.05) is 20.1 Å². The number of rotatable bonds is 5. The van der Waals surface area contributed by atoms with Crippen LogP contribution in [-0.2, 0) is 9.47 Å². The number of hydrogen-bond acceptors (Lipinski definition) is 4. The van der Waals surface area contributed by atoms with Crippen molar-refractivity contribution in [3.05, 3.63) is 0 Å². The van der Waals surface area contributed by atoms with Crippen LogP contribution in [0.1, 0.15) is 47.5 Å². The smallest absolute Gasteiger partial charge is 0.408 e. The van der Waals surface area contributed by atoms with Crippen molar-refractivity contribution in [2.45, 2.75) is 64.7 Å². The van der Waals surface area contributed by atoms with Gasteiger partial charge in [-0.3, -0.25) is 0 Å². The summed E-state index contributed by atoms with van der Waals surface area (Å²) < 4.78 is 11.0. The van der Waals surface area contributed by atoms with Gasteiger partial charge in [-0.1, -0.05) is 0 Å². The Morgan fingerprint density at radius 3 is 2.44 bits per heavy atom. The lowest BCUT2D eigenvalue weighted by molar-refractivity contribution is 0.0117. The first-order chi connectivity index (χ1) is 11.5. The molecular weight excluding hydrogens is 322 g/mol. The number of nitrogens with one attached hydrogen (secondary N) is 2. The van der Waals surface area contributed by atoms with Crippen LogP contribution in [0, 0.1) is 11.8 Å². The minimum atomic E-state index is -0.600. The molecule has 0 aromatic heterocycles. The number of ether oxygens (including phenoxy) is 2. The van der Waals surface area contributed by atoms with Gasteiger partial charge in [-0.05, 0) is 59.3 Å². The van der Waals surface area contributed by atoms with Crippen molar-refractivity contribution in [2.75, 3.05) is 26.7 Å². The van der Waals surface area contributed by atoms with Crippen LogP contribution >= 0.6 is 0 Å². The zero-order chi connectivity index (χ0) is 18.8. The molecule has 1 saturated heterocycles. The Labute approximate surface area is 150 Å². The molecule has 7 heteroatoms. The zero-order valence-electron chi connectivity index (χ0n) is 16.3. The number of alkyl carbamates (subject to hydrolysis) is 1. The molecule has 144 valence electrons. The van der Waals surface area contributed by atoms with Crippen LogP contribution in [-0.4, -0.2) is 61.0 Å². The van der Waals surface area contributed by atoms with Gasteiger partial charge in [0.2, 0.25) is 0 Å². The highest BCUT2D eigenvalue weighted by Crippen LogP contribution is 2.45. The molecule has 25 heavy (non-hydrogen) atoms. The topological polar surface area (TPSA) is 79.9 Å². The highest BCUT2D eigenvalue weighted by atomic mass is 16.6. The van der Waals surface area contributed by atoms with Crippen molar-refractivity contribution < 1.29 is 19.1 Å². The summed E-state index contributed by atoms with van der Waals surface area (Å²) in [5.74, 6) is 1.56. The monoisotopic (exact) mass is 355 g/mol. The number of carbonyl (C=O) groups excluding carboxylic acids is 2. The average Bonchev–Trinajstić information content (AvgIpc) is 3.19. The van der Waals surface area contributed by atoms with E-state index in [1.807, 2.05) is 34.6 Å². The van der Waals surface area contributed by atoms with E-state index in [4.69, 9.17) is 9.47 Å². The van der Waals surface area contributed by atoms with E-state index in [2.05, 4.69) is 10.6 Å². The van der Waals surface area contributed by atoms with E-state index in [0.717, 1.165) is 24.9 Å². The number of fused-ring (bicyclic) bond motifs is 1. The first-order valence-corrected chi connectivity index (χ1v) is 9.07. The van der Waals surface area contributed by atoms with E-state index in [9.17, 15) is 9.59 Å². The van der Waals surface area contributed by atoms with Gasteiger partial charge in [0.05, 0.1) is 18.2 Å². The molecule has 0 aromatic rings. The van der Waals surface area contributed by atoms with E-state index in [1.165, 1.54) is 6.42 Å². The molecule has 2 fully saturated rings. The van der Waals surface area contributed by atoms with E-state index >= 15 is 0 Å². The lowest BCUT2D eigenvalue weighted by atomic mass is 10.1. The summed E-state index contributed by atoms with van der Waals surface area (Å²) in [6.45, 7) is 10.9. The van der Waals surface area contributed by atoms with Crippen LogP contribution in [0.5, 0.6) is 0 Å². The Hall–Kier alpha value is -1.50. The van der Waals surface area contributed by atoms with E-state index in [-0.39, 0.29) is 12.1 Å². The van der Waals surface area contributed by atoms with Crippen LogP contribution in [0.4, 0.5) is 9.59 Å². The summed E-state index contributed by atoms with van der Waals surface area (Å²) in [6.07, 6.45) is 1.95. The summed E-state index contributed by atoms with van der Waals surface area (Å²) >= 11 is 0. The summed E-state index contributed by atoms with van der Waals surface area (Å²) in [4.78, 5) is 25.8. The highest BCUT2D eigenvalue weighted by Gasteiger charge is 2.42. The normalized spacial score (nSPS) is 25.6. The standard InChI is InChI=1S/C18H33N3O4/c1-17(2,3)25-16(23)20-18(4,5)11-21(6)15(22)19-9-14-8-12-7-13(12)10-24-14/h12-14H,7-11H2,1-6H3,(H,19,22)(H,20,23). The van der Waals surface area contributed by atoms with Crippen molar-refractivity contribution in [1.29, 1.82) is 0 Å². The SMILES string of the molecule is CN(CC(C)(C)NC(=O)OC(C)(C)C)C(=O)NCC1CC2CC2CO1. The number of carbonyl (C=O) groups is 2. The van der Waals surface area contributed by atoms with Gasteiger partial charge in [0.15, 0.2) is 0 Å². The molecule has 0 radical (unpaired) electrons. The summed E-state index contributed by atoms with van der Waals surface area (Å²) in [5, 5.41) is 5.73. The van der Waals surface area contributed by atoms with Crippen molar-refractivity contribution in [3.8, 4) is 0 Å². The second-order valence-electron chi connectivity index (χ2n) is 9.00. The fraction of sp³-hybridized carbons (Fsp3) is 0.889. The number of hydrogen-bond donors (Lipinski definition) is 2. The quantitative estimate of drug-likeness (QED) is 0.793. The minimum Gasteiger partial charge on any atom is -0.444 e. The zero-order valence-corrected chi connectivity index (χ0v) is 16.3. The van der Waals surface area contributed by atoms with Crippen LogP contribution in [0.2, 0.25) is 0 Å². The molecule has 3 unspecified atom stereocenters. The van der Waals surface area contributed by atoms with Gasteiger partial charge in [-0.15, -0.1) is 0 Å². The average molecular weight is 355 g/mol. The molecule has 1 saturated carbocycles. The molecular formula is C18H33N3O4. The molecule has 0 bridgehead atoms. The Morgan fingerprint density at radius 2 is 1.84 bits per heavy atom. The van der Waals surface area contributed by atoms with Crippen LogP contribution in [0.25, 0.3) is 0 Å². The Bertz CT molecular complexity index is 501. The second-order valence-corrected chi connectivity index (χ2v) is 9.00. The predicted octanol–water partition coefficient (Wildman–Crippen LogP) is 2.36. The molecule has 1 heterocycles. The predicted molar refractivity (Wildman–Crippen MR) is 95.4 cm³/mol. The molecule has 3 atom stereocenters. The number of nitrogens with zero attached hydrogens (tertiary/aromatic N) is 1. The Kier molecular flexibility index (Phi) is 5.86. The van der Waals surface area contributed by atoms with E-state index in [0.29, 0.717) is 13.1 Å². The van der Waals surface area contributed by atoms with Gasteiger partial charge < -0.3 is 25.0 Å². The first kappa shape index (κ1) is 19.8. The summed E-state index contributed by atoms with van der Waals surface area (Å²) in [7, 11) is 1.71. The van der Waals surface area contributed by atoms with Gasteiger partial charge in [-0.25, -0.2) is 9.59 Å². The number of amides is 3. The van der Waals surface area contributed by atoms with Crippen molar-refractivity contribution >= 4 is 12.1 Å². The van der Waals surface area contributed by atoms with Gasteiger partial charge in [0.1, 0.15) is 5.60 Å². The van der Waals surface area contributed by atoms with Gasteiger partial charge in [0.25, 0.3) is 0 Å². The molecule has 1 aliphatic carbocycles. The maximum atomic E-state index is 12.3. The lowest BCUT2D eigenvalue weighted by Gasteiger charge is -2.32. The Morgan fingerprint density at radius 1 is 1.16 bits per heavy atom. The fourth-order valence-corrected chi connectivity index (χ4v) is 3.23.